The molecule has 3 amide bonds. The summed E-state index contributed by atoms with van der Waals surface area (Å²) in [5.41, 5.74) is 9.08. The van der Waals surface area contributed by atoms with Crippen LogP contribution in [-0.4, -0.2) is 61.5 Å². The van der Waals surface area contributed by atoms with Crippen molar-refractivity contribution in [2.45, 2.75) is 19.9 Å². The first-order valence-electron chi connectivity index (χ1n) is 12.4. The van der Waals surface area contributed by atoms with Gasteiger partial charge in [-0.15, -0.1) is 0 Å². The number of carbonyl (C=O) groups excluding carboxylic acids is 3. The number of rotatable bonds is 8. The number of primary amides is 1. The van der Waals surface area contributed by atoms with Crippen LogP contribution in [0, 0.1) is 0 Å². The van der Waals surface area contributed by atoms with E-state index in [4.69, 9.17) is 10.5 Å². The summed E-state index contributed by atoms with van der Waals surface area (Å²) < 4.78 is 5.34. The lowest BCUT2D eigenvalue weighted by Gasteiger charge is -2.29. The van der Waals surface area contributed by atoms with Gasteiger partial charge in [0.1, 0.15) is 0 Å². The van der Waals surface area contributed by atoms with Crippen molar-refractivity contribution in [2.75, 3.05) is 43.1 Å². The smallest absolute Gasteiger partial charge is 0.260 e. The van der Waals surface area contributed by atoms with Gasteiger partial charge in [-0.05, 0) is 55.3 Å². The standard InChI is InChI=1S/C29H32N4O4/c1-20(2)33(24-11-8-22(9-12-24)21-6-4-3-5-7-21)29(36)25-13-10-23(28(30)35)18-26(25)31-27(34)19-32-14-16-37-17-15-32/h3-13,18,20H,14-17,19H2,1-2H3,(H2,30,35)(H,31,34). The summed E-state index contributed by atoms with van der Waals surface area (Å²) >= 11 is 0. The molecule has 4 rings (SSSR count). The quantitative estimate of drug-likeness (QED) is 0.490. The summed E-state index contributed by atoms with van der Waals surface area (Å²) in [4.78, 5) is 42.2. The number of ether oxygens (including phenoxy) is 1. The van der Waals surface area contributed by atoms with Crippen LogP contribution in [0.3, 0.4) is 0 Å². The van der Waals surface area contributed by atoms with Crippen molar-refractivity contribution in [3.63, 3.8) is 0 Å². The number of carbonyl (C=O) groups is 3. The monoisotopic (exact) mass is 500 g/mol. The topological polar surface area (TPSA) is 105 Å². The predicted octanol–water partition coefficient (Wildman–Crippen LogP) is 3.78. The minimum absolute atomic E-state index is 0.159. The van der Waals surface area contributed by atoms with Crippen molar-refractivity contribution in [1.29, 1.82) is 0 Å². The third-order valence-corrected chi connectivity index (χ3v) is 6.27. The van der Waals surface area contributed by atoms with Gasteiger partial charge in [0.05, 0.1) is 31.0 Å². The molecule has 3 aromatic rings. The Bertz CT molecular complexity index is 1250. The third-order valence-electron chi connectivity index (χ3n) is 6.27. The van der Waals surface area contributed by atoms with Crippen LogP contribution < -0.4 is 16.0 Å². The van der Waals surface area contributed by atoms with E-state index in [1.807, 2.05) is 73.3 Å². The second-order valence-electron chi connectivity index (χ2n) is 9.24. The van der Waals surface area contributed by atoms with E-state index in [-0.39, 0.29) is 41.2 Å². The summed E-state index contributed by atoms with van der Waals surface area (Å²) in [5, 5.41) is 2.83. The predicted molar refractivity (Wildman–Crippen MR) is 145 cm³/mol. The molecule has 1 heterocycles. The molecule has 8 nitrogen and oxygen atoms in total. The van der Waals surface area contributed by atoms with Crippen molar-refractivity contribution < 1.29 is 19.1 Å². The highest BCUT2D eigenvalue weighted by atomic mass is 16.5. The van der Waals surface area contributed by atoms with Crippen LogP contribution in [0.1, 0.15) is 34.6 Å². The zero-order chi connectivity index (χ0) is 26.4. The Morgan fingerprint density at radius 3 is 2.22 bits per heavy atom. The first-order chi connectivity index (χ1) is 17.8. The second-order valence-corrected chi connectivity index (χ2v) is 9.24. The highest BCUT2D eigenvalue weighted by Gasteiger charge is 2.25. The van der Waals surface area contributed by atoms with E-state index in [0.717, 1.165) is 16.8 Å². The molecular weight excluding hydrogens is 468 g/mol. The normalized spacial score (nSPS) is 13.8. The fourth-order valence-corrected chi connectivity index (χ4v) is 4.36. The molecule has 0 aliphatic carbocycles. The van der Waals surface area contributed by atoms with Crippen molar-refractivity contribution in [3.8, 4) is 11.1 Å². The van der Waals surface area contributed by atoms with Crippen molar-refractivity contribution in [3.05, 3.63) is 83.9 Å². The van der Waals surface area contributed by atoms with Crippen LogP contribution >= 0.6 is 0 Å². The molecule has 0 radical (unpaired) electrons. The summed E-state index contributed by atoms with van der Waals surface area (Å²) in [6, 6.07) is 22.1. The van der Waals surface area contributed by atoms with E-state index < -0.39 is 5.91 Å². The van der Waals surface area contributed by atoms with Gasteiger partial charge in [-0.1, -0.05) is 42.5 Å². The van der Waals surface area contributed by atoms with E-state index in [1.54, 1.807) is 11.0 Å². The first-order valence-corrected chi connectivity index (χ1v) is 12.4. The van der Waals surface area contributed by atoms with Gasteiger partial charge in [0.2, 0.25) is 11.8 Å². The molecular formula is C29H32N4O4. The minimum Gasteiger partial charge on any atom is -0.379 e. The summed E-state index contributed by atoms with van der Waals surface area (Å²) in [7, 11) is 0. The van der Waals surface area contributed by atoms with Crippen molar-refractivity contribution in [1.82, 2.24) is 4.90 Å². The molecule has 8 heteroatoms. The zero-order valence-corrected chi connectivity index (χ0v) is 21.1. The van der Waals surface area contributed by atoms with Crippen LogP contribution in [0.25, 0.3) is 11.1 Å². The minimum atomic E-state index is -0.639. The number of amides is 3. The SMILES string of the molecule is CC(C)N(C(=O)c1ccc(C(N)=O)cc1NC(=O)CN1CCOCC1)c1ccc(-c2ccccc2)cc1. The molecule has 3 aromatic carbocycles. The maximum atomic E-state index is 13.8. The number of hydrogen-bond acceptors (Lipinski definition) is 5. The van der Waals surface area contributed by atoms with Crippen LogP contribution in [0.2, 0.25) is 0 Å². The van der Waals surface area contributed by atoms with Gasteiger partial charge in [-0.2, -0.15) is 0 Å². The molecule has 0 bridgehead atoms. The summed E-state index contributed by atoms with van der Waals surface area (Å²) in [6.45, 7) is 6.46. The van der Waals surface area contributed by atoms with Crippen LogP contribution in [0.4, 0.5) is 11.4 Å². The molecule has 1 saturated heterocycles. The molecule has 0 saturated carbocycles. The lowest BCUT2D eigenvalue weighted by molar-refractivity contribution is -0.118. The number of nitrogens with one attached hydrogen (secondary N) is 1. The highest BCUT2D eigenvalue weighted by molar-refractivity contribution is 6.12. The first kappa shape index (κ1) is 26.1. The van der Waals surface area contributed by atoms with Gasteiger partial charge in [0.25, 0.3) is 5.91 Å². The van der Waals surface area contributed by atoms with Crippen molar-refractivity contribution >= 4 is 29.1 Å². The van der Waals surface area contributed by atoms with Gasteiger partial charge in [0, 0.05) is 30.4 Å². The fraction of sp³-hybridized carbons (Fsp3) is 0.276. The Morgan fingerprint density at radius 2 is 1.59 bits per heavy atom. The van der Waals surface area contributed by atoms with Crippen LogP contribution in [-0.2, 0) is 9.53 Å². The Morgan fingerprint density at radius 1 is 0.946 bits per heavy atom. The molecule has 192 valence electrons. The summed E-state index contributed by atoms with van der Waals surface area (Å²) in [6.07, 6.45) is 0. The molecule has 1 aliphatic rings. The van der Waals surface area contributed by atoms with Gasteiger partial charge in [0.15, 0.2) is 0 Å². The van der Waals surface area contributed by atoms with Gasteiger partial charge in [-0.3, -0.25) is 19.3 Å². The van der Waals surface area contributed by atoms with E-state index in [2.05, 4.69) is 5.32 Å². The largest absolute Gasteiger partial charge is 0.379 e. The Labute approximate surface area is 217 Å². The second kappa shape index (κ2) is 11.8. The Kier molecular flexibility index (Phi) is 8.32. The van der Waals surface area contributed by atoms with Gasteiger partial charge >= 0.3 is 0 Å². The number of morpholine rings is 1. The number of benzene rings is 3. The average Bonchev–Trinajstić information content (AvgIpc) is 2.90. The lowest BCUT2D eigenvalue weighted by Crippen LogP contribution is -2.41. The molecule has 3 N–H and O–H groups in total. The van der Waals surface area contributed by atoms with Crippen LogP contribution in [0.15, 0.2) is 72.8 Å². The fourth-order valence-electron chi connectivity index (χ4n) is 4.36. The van der Waals surface area contributed by atoms with E-state index >= 15 is 0 Å². The number of hydrogen-bond donors (Lipinski definition) is 2. The molecule has 0 aromatic heterocycles. The van der Waals surface area contributed by atoms with Gasteiger partial charge in [-0.25, -0.2) is 0 Å². The van der Waals surface area contributed by atoms with Gasteiger partial charge < -0.3 is 20.7 Å². The van der Waals surface area contributed by atoms with E-state index in [9.17, 15) is 14.4 Å². The van der Waals surface area contributed by atoms with Crippen molar-refractivity contribution in [2.24, 2.45) is 5.73 Å². The van der Waals surface area contributed by atoms with E-state index in [0.29, 0.717) is 26.3 Å². The highest BCUT2D eigenvalue weighted by Crippen LogP contribution is 2.28. The molecule has 0 spiro atoms. The lowest BCUT2D eigenvalue weighted by atomic mass is 10.0. The average molecular weight is 501 g/mol. The molecule has 0 atom stereocenters. The Balaban J connectivity index is 1.61. The molecule has 0 unspecified atom stereocenters. The Hall–Kier alpha value is -4.01. The molecule has 37 heavy (non-hydrogen) atoms. The third kappa shape index (κ3) is 6.41. The molecule has 1 aliphatic heterocycles. The van der Waals surface area contributed by atoms with E-state index in [1.165, 1.54) is 12.1 Å². The zero-order valence-electron chi connectivity index (χ0n) is 21.1. The maximum absolute atomic E-state index is 13.8. The number of nitrogens with zero attached hydrogens (tertiary/aromatic N) is 2. The summed E-state index contributed by atoms with van der Waals surface area (Å²) in [5.74, 6) is -1.21. The molecule has 1 fully saturated rings. The number of anilines is 2. The maximum Gasteiger partial charge on any atom is 0.260 e. The van der Waals surface area contributed by atoms with Crippen LogP contribution in [0.5, 0.6) is 0 Å². The number of nitrogens with two attached hydrogens (primary N) is 1.